The molecule has 0 saturated carbocycles. The van der Waals surface area contributed by atoms with Crippen LogP contribution in [0.5, 0.6) is 0 Å². The van der Waals surface area contributed by atoms with Gasteiger partial charge in [-0.25, -0.2) is 0 Å². The summed E-state index contributed by atoms with van der Waals surface area (Å²) in [4.78, 5) is 0. The van der Waals surface area contributed by atoms with E-state index in [-0.39, 0.29) is 5.41 Å². The van der Waals surface area contributed by atoms with Crippen molar-refractivity contribution < 1.29 is 29.2 Å². The maximum absolute atomic E-state index is 9.88. The van der Waals surface area contributed by atoms with Crippen LogP contribution in [0.4, 0.5) is 0 Å². The van der Waals surface area contributed by atoms with Crippen molar-refractivity contribution in [3.05, 3.63) is 0 Å². The first-order valence-electron chi connectivity index (χ1n) is 8.34. The summed E-state index contributed by atoms with van der Waals surface area (Å²) in [6.45, 7) is 13.1. The first kappa shape index (κ1) is 19.1. The van der Waals surface area contributed by atoms with Crippen molar-refractivity contribution >= 4 is 0 Å². The zero-order chi connectivity index (χ0) is 17.5. The molecule has 6 heteroatoms. The molecule has 0 radical (unpaired) electrons. The Bertz CT molecular complexity index is 346. The van der Waals surface area contributed by atoms with Gasteiger partial charge >= 0.3 is 0 Å². The van der Waals surface area contributed by atoms with Crippen LogP contribution in [0.1, 0.15) is 41.5 Å². The van der Waals surface area contributed by atoms with Crippen molar-refractivity contribution in [1.82, 2.24) is 0 Å². The maximum atomic E-state index is 9.88. The van der Waals surface area contributed by atoms with Crippen molar-refractivity contribution in [3.8, 4) is 0 Å². The number of hydrogen-bond acceptors (Lipinski definition) is 6. The summed E-state index contributed by atoms with van der Waals surface area (Å²) < 4.78 is 23.5. The van der Waals surface area contributed by atoms with Crippen LogP contribution in [-0.2, 0) is 18.9 Å². The molecular weight excluding hydrogens is 300 g/mol. The summed E-state index contributed by atoms with van der Waals surface area (Å²) in [5.41, 5.74) is -1.28. The van der Waals surface area contributed by atoms with Gasteiger partial charge in [0.25, 0.3) is 0 Å². The molecule has 0 aliphatic carbocycles. The van der Waals surface area contributed by atoms with Crippen LogP contribution in [0.3, 0.4) is 0 Å². The average molecular weight is 332 g/mol. The van der Waals surface area contributed by atoms with Gasteiger partial charge in [0.05, 0.1) is 44.1 Å². The lowest BCUT2D eigenvalue weighted by atomic mass is 9.83. The summed E-state index contributed by atoms with van der Waals surface area (Å²) in [6.07, 6.45) is -1.95. The Morgan fingerprint density at radius 1 is 0.739 bits per heavy atom. The first-order valence-corrected chi connectivity index (χ1v) is 8.34. The van der Waals surface area contributed by atoms with Gasteiger partial charge in [0.2, 0.25) is 0 Å². The van der Waals surface area contributed by atoms with E-state index in [2.05, 4.69) is 0 Å². The standard InChI is InChI=1S/C17H32O6/c1-11(18)15(3,4)13-20-7-17(8-21-13)9-22-14(23-10-17)16(5,6)12(2)19/h11-14,18-19H,7-10H2,1-6H3. The summed E-state index contributed by atoms with van der Waals surface area (Å²) in [5.74, 6) is 0. The molecule has 2 aliphatic rings. The number of ether oxygens (including phenoxy) is 4. The van der Waals surface area contributed by atoms with E-state index in [1.165, 1.54) is 0 Å². The minimum Gasteiger partial charge on any atom is -0.393 e. The Balaban J connectivity index is 1.92. The van der Waals surface area contributed by atoms with Crippen LogP contribution >= 0.6 is 0 Å². The molecule has 2 heterocycles. The van der Waals surface area contributed by atoms with Crippen LogP contribution in [-0.4, -0.2) is 61.4 Å². The fraction of sp³-hybridized carbons (Fsp3) is 1.00. The van der Waals surface area contributed by atoms with Crippen LogP contribution in [0, 0.1) is 16.2 Å². The molecular formula is C17H32O6. The van der Waals surface area contributed by atoms with E-state index < -0.39 is 35.6 Å². The highest BCUT2D eigenvalue weighted by atomic mass is 16.7. The van der Waals surface area contributed by atoms with Crippen LogP contribution in [0.15, 0.2) is 0 Å². The number of hydrogen-bond donors (Lipinski definition) is 2. The molecule has 1 spiro atoms. The molecule has 0 aromatic rings. The van der Waals surface area contributed by atoms with Crippen molar-refractivity contribution in [1.29, 1.82) is 0 Å². The maximum Gasteiger partial charge on any atom is 0.165 e. The quantitative estimate of drug-likeness (QED) is 0.813. The van der Waals surface area contributed by atoms with Gasteiger partial charge in [-0.1, -0.05) is 27.7 Å². The lowest BCUT2D eigenvalue weighted by Crippen LogP contribution is -2.58. The molecule has 136 valence electrons. The van der Waals surface area contributed by atoms with Crippen molar-refractivity contribution in [2.45, 2.75) is 66.3 Å². The minimum absolute atomic E-state index is 0.323. The Labute approximate surface area is 139 Å². The molecule has 6 nitrogen and oxygen atoms in total. The Hall–Kier alpha value is -0.240. The van der Waals surface area contributed by atoms with Gasteiger partial charge in [-0.15, -0.1) is 0 Å². The molecule has 2 rings (SSSR count). The lowest BCUT2D eigenvalue weighted by molar-refractivity contribution is -0.342. The highest BCUT2D eigenvalue weighted by Crippen LogP contribution is 2.40. The van der Waals surface area contributed by atoms with E-state index in [0.717, 1.165) is 0 Å². The average Bonchev–Trinajstić information content (AvgIpc) is 2.48. The second-order valence-corrected chi connectivity index (χ2v) is 8.40. The van der Waals surface area contributed by atoms with Gasteiger partial charge in [0.15, 0.2) is 12.6 Å². The van der Waals surface area contributed by atoms with E-state index in [1.54, 1.807) is 13.8 Å². The van der Waals surface area contributed by atoms with Crippen LogP contribution < -0.4 is 0 Å². The summed E-state index contributed by atoms with van der Waals surface area (Å²) >= 11 is 0. The second-order valence-electron chi connectivity index (χ2n) is 8.40. The van der Waals surface area contributed by atoms with Gasteiger partial charge in [0.1, 0.15) is 0 Å². The lowest BCUT2D eigenvalue weighted by Gasteiger charge is -2.49. The second kappa shape index (κ2) is 6.58. The third-order valence-electron chi connectivity index (χ3n) is 5.53. The number of aliphatic hydroxyl groups is 2. The molecule has 2 atom stereocenters. The minimum atomic E-state index is -0.531. The molecule has 2 fully saturated rings. The predicted octanol–water partition coefficient (Wildman–Crippen LogP) is 1.53. The zero-order valence-electron chi connectivity index (χ0n) is 15.2. The summed E-state index contributed by atoms with van der Waals surface area (Å²) in [7, 11) is 0. The fourth-order valence-corrected chi connectivity index (χ4v) is 2.61. The summed E-state index contributed by atoms with van der Waals surface area (Å²) in [5, 5.41) is 19.8. The van der Waals surface area contributed by atoms with E-state index in [9.17, 15) is 10.2 Å². The smallest absolute Gasteiger partial charge is 0.165 e. The Morgan fingerprint density at radius 3 is 1.22 bits per heavy atom. The monoisotopic (exact) mass is 332 g/mol. The third-order valence-corrected chi connectivity index (χ3v) is 5.53. The van der Waals surface area contributed by atoms with Crippen molar-refractivity contribution in [3.63, 3.8) is 0 Å². The highest BCUT2D eigenvalue weighted by Gasteiger charge is 2.49. The van der Waals surface area contributed by atoms with Gasteiger partial charge in [-0.3, -0.25) is 0 Å². The molecule has 0 aromatic carbocycles. The zero-order valence-corrected chi connectivity index (χ0v) is 15.2. The topological polar surface area (TPSA) is 77.4 Å². The molecule has 0 amide bonds. The summed E-state index contributed by atoms with van der Waals surface area (Å²) in [6, 6.07) is 0. The fourth-order valence-electron chi connectivity index (χ4n) is 2.61. The van der Waals surface area contributed by atoms with Gasteiger partial charge in [-0.05, 0) is 13.8 Å². The molecule has 2 N–H and O–H groups in total. The third kappa shape index (κ3) is 3.72. The van der Waals surface area contributed by atoms with Gasteiger partial charge in [-0.2, -0.15) is 0 Å². The number of rotatable bonds is 4. The van der Waals surface area contributed by atoms with Crippen molar-refractivity contribution in [2.24, 2.45) is 16.2 Å². The first-order chi connectivity index (χ1) is 10.5. The molecule has 2 saturated heterocycles. The molecule has 23 heavy (non-hydrogen) atoms. The van der Waals surface area contributed by atoms with E-state index >= 15 is 0 Å². The van der Waals surface area contributed by atoms with E-state index in [4.69, 9.17) is 18.9 Å². The van der Waals surface area contributed by atoms with E-state index in [1.807, 2.05) is 27.7 Å². The van der Waals surface area contributed by atoms with Gasteiger partial charge in [0, 0.05) is 10.8 Å². The predicted molar refractivity (Wildman–Crippen MR) is 84.7 cm³/mol. The van der Waals surface area contributed by atoms with Gasteiger partial charge < -0.3 is 29.2 Å². The van der Waals surface area contributed by atoms with Crippen molar-refractivity contribution in [2.75, 3.05) is 26.4 Å². The van der Waals surface area contributed by atoms with Crippen LogP contribution in [0.2, 0.25) is 0 Å². The Morgan fingerprint density at radius 2 is 1.00 bits per heavy atom. The number of aliphatic hydroxyl groups excluding tert-OH is 2. The van der Waals surface area contributed by atoms with Crippen LogP contribution in [0.25, 0.3) is 0 Å². The SMILES string of the molecule is CC(O)C(C)(C)C1OCC2(CO1)COC(C(C)(C)C(C)O)OC2. The molecule has 2 unspecified atom stereocenters. The Kier molecular flexibility index (Phi) is 5.46. The molecule has 0 aromatic heterocycles. The molecule has 2 aliphatic heterocycles. The highest BCUT2D eigenvalue weighted by molar-refractivity contribution is 4.90. The largest absolute Gasteiger partial charge is 0.393 e. The normalized spacial score (nSPS) is 36.0. The van der Waals surface area contributed by atoms with E-state index in [0.29, 0.717) is 26.4 Å². The molecule has 0 bridgehead atoms.